The number of aliphatic hydroxyl groups is 1. The van der Waals surface area contributed by atoms with Crippen LogP contribution in [0.4, 0.5) is 19.3 Å². The summed E-state index contributed by atoms with van der Waals surface area (Å²) >= 11 is 5.45. The summed E-state index contributed by atoms with van der Waals surface area (Å²) in [5.41, 5.74) is -1.49. The summed E-state index contributed by atoms with van der Waals surface area (Å²) < 4.78 is 26.7. The minimum absolute atomic E-state index is 0.105. The Kier molecular flexibility index (Phi) is 4.48. The van der Waals surface area contributed by atoms with Gasteiger partial charge >= 0.3 is 6.03 Å². The second-order valence-electron chi connectivity index (χ2n) is 4.37. The van der Waals surface area contributed by atoms with Crippen molar-refractivity contribution in [3.63, 3.8) is 0 Å². The summed E-state index contributed by atoms with van der Waals surface area (Å²) in [5.74, 6) is -1.95. The number of carbonyl (C=O) groups is 1. The van der Waals surface area contributed by atoms with Crippen LogP contribution >= 0.6 is 11.6 Å². The minimum atomic E-state index is -0.975. The maximum absolute atomic E-state index is 13.4. The van der Waals surface area contributed by atoms with Gasteiger partial charge in [-0.3, -0.25) is 0 Å². The third-order valence-corrected chi connectivity index (χ3v) is 2.31. The number of benzene rings is 1. The van der Waals surface area contributed by atoms with Crippen LogP contribution in [-0.4, -0.2) is 23.3 Å². The first-order chi connectivity index (χ1) is 8.25. The van der Waals surface area contributed by atoms with E-state index in [1.807, 2.05) is 5.32 Å². The van der Waals surface area contributed by atoms with Gasteiger partial charge in [-0.2, -0.15) is 0 Å². The summed E-state index contributed by atoms with van der Waals surface area (Å²) in [6, 6.07) is 0.948. The highest BCUT2D eigenvalue weighted by atomic mass is 35.5. The van der Waals surface area contributed by atoms with E-state index in [0.717, 1.165) is 12.1 Å². The van der Waals surface area contributed by atoms with Crippen LogP contribution in [0, 0.1) is 11.6 Å². The molecule has 0 fully saturated rings. The molecule has 0 aliphatic rings. The van der Waals surface area contributed by atoms with Gasteiger partial charge in [-0.05, 0) is 26.0 Å². The summed E-state index contributed by atoms with van der Waals surface area (Å²) in [6.07, 6.45) is 0. The monoisotopic (exact) mass is 278 g/mol. The first kappa shape index (κ1) is 14.7. The van der Waals surface area contributed by atoms with Crippen LogP contribution in [0.15, 0.2) is 12.1 Å². The molecule has 0 spiro atoms. The molecular weight excluding hydrogens is 266 g/mol. The van der Waals surface area contributed by atoms with Crippen LogP contribution in [0.2, 0.25) is 5.02 Å². The van der Waals surface area contributed by atoms with E-state index < -0.39 is 28.9 Å². The second-order valence-corrected chi connectivity index (χ2v) is 4.80. The molecule has 2 amide bonds. The van der Waals surface area contributed by atoms with Crippen LogP contribution < -0.4 is 10.6 Å². The van der Waals surface area contributed by atoms with Crippen LogP contribution in [0.3, 0.4) is 0 Å². The fraction of sp³-hybridized carbons (Fsp3) is 0.364. The molecule has 0 saturated heterocycles. The number of anilines is 1. The Morgan fingerprint density at radius 2 is 1.89 bits per heavy atom. The van der Waals surface area contributed by atoms with Gasteiger partial charge < -0.3 is 15.7 Å². The topological polar surface area (TPSA) is 61.4 Å². The number of rotatable bonds is 3. The number of aliphatic hydroxyl groups excluding tert-OH is 1. The Hall–Kier alpha value is -1.40. The van der Waals surface area contributed by atoms with Gasteiger partial charge in [0.05, 0.1) is 12.1 Å². The van der Waals surface area contributed by atoms with E-state index in [1.54, 1.807) is 13.8 Å². The molecule has 0 saturated carbocycles. The van der Waals surface area contributed by atoms with Crippen molar-refractivity contribution < 1.29 is 18.7 Å². The lowest BCUT2D eigenvalue weighted by molar-refractivity contribution is 0.187. The van der Waals surface area contributed by atoms with Gasteiger partial charge in [0.1, 0.15) is 5.69 Å². The van der Waals surface area contributed by atoms with E-state index in [1.165, 1.54) is 0 Å². The lowest BCUT2D eigenvalue weighted by Crippen LogP contribution is -2.48. The van der Waals surface area contributed by atoms with E-state index in [4.69, 9.17) is 16.7 Å². The molecule has 1 rings (SSSR count). The lowest BCUT2D eigenvalue weighted by atomic mass is 10.1. The van der Waals surface area contributed by atoms with Gasteiger partial charge in [-0.25, -0.2) is 13.6 Å². The van der Waals surface area contributed by atoms with Crippen molar-refractivity contribution in [2.75, 3.05) is 11.9 Å². The minimum Gasteiger partial charge on any atom is -0.394 e. The Morgan fingerprint density at radius 1 is 1.39 bits per heavy atom. The standard InChI is InChI=1S/C11H13ClF2N2O2/c1-11(2,5-17)16-10(18)15-9-7(13)3-6(12)4-8(9)14/h3-4,17H,5H2,1-2H3,(H2,15,16,18). The van der Waals surface area contributed by atoms with Crippen LogP contribution in [-0.2, 0) is 0 Å². The highest BCUT2D eigenvalue weighted by Crippen LogP contribution is 2.23. The van der Waals surface area contributed by atoms with Crippen molar-refractivity contribution in [2.24, 2.45) is 0 Å². The van der Waals surface area contributed by atoms with Gasteiger partial charge in [0.2, 0.25) is 0 Å². The van der Waals surface area contributed by atoms with E-state index in [2.05, 4.69) is 5.32 Å². The zero-order chi connectivity index (χ0) is 13.9. The number of urea groups is 1. The fourth-order valence-electron chi connectivity index (χ4n) is 1.15. The van der Waals surface area contributed by atoms with Crippen molar-refractivity contribution in [1.29, 1.82) is 0 Å². The summed E-state index contributed by atoms with van der Waals surface area (Å²) in [6.45, 7) is 2.80. The Bertz CT molecular complexity index is 443. The maximum Gasteiger partial charge on any atom is 0.319 e. The Balaban J connectivity index is 2.83. The summed E-state index contributed by atoms with van der Waals surface area (Å²) in [7, 11) is 0. The zero-order valence-corrected chi connectivity index (χ0v) is 10.6. The van der Waals surface area contributed by atoms with Crippen molar-refractivity contribution in [1.82, 2.24) is 5.32 Å². The highest BCUT2D eigenvalue weighted by molar-refractivity contribution is 6.30. The third kappa shape index (κ3) is 3.82. The summed E-state index contributed by atoms with van der Waals surface area (Å²) in [5, 5.41) is 13.2. The number of hydrogen-bond donors (Lipinski definition) is 3. The van der Waals surface area contributed by atoms with E-state index in [-0.39, 0.29) is 11.6 Å². The number of halogens is 3. The predicted molar refractivity (Wildman–Crippen MR) is 64.7 cm³/mol. The number of carbonyl (C=O) groups excluding carboxylic acids is 1. The molecule has 1 aromatic carbocycles. The Morgan fingerprint density at radius 3 is 2.33 bits per heavy atom. The molecule has 0 aromatic heterocycles. The van der Waals surface area contributed by atoms with E-state index in [9.17, 15) is 13.6 Å². The Labute approximate surface area is 108 Å². The van der Waals surface area contributed by atoms with Crippen LogP contribution in [0.25, 0.3) is 0 Å². The molecule has 0 unspecified atom stereocenters. The van der Waals surface area contributed by atoms with Crippen LogP contribution in [0.1, 0.15) is 13.8 Å². The van der Waals surface area contributed by atoms with Crippen molar-refractivity contribution in [3.8, 4) is 0 Å². The zero-order valence-electron chi connectivity index (χ0n) is 9.85. The number of amides is 2. The average molecular weight is 279 g/mol. The highest BCUT2D eigenvalue weighted by Gasteiger charge is 2.21. The van der Waals surface area contributed by atoms with Crippen molar-refractivity contribution >= 4 is 23.3 Å². The van der Waals surface area contributed by atoms with Gasteiger partial charge in [0.25, 0.3) is 0 Å². The maximum atomic E-state index is 13.4. The molecule has 1 aromatic rings. The molecule has 0 radical (unpaired) electrons. The fourth-order valence-corrected chi connectivity index (χ4v) is 1.34. The molecule has 3 N–H and O–H groups in total. The molecule has 4 nitrogen and oxygen atoms in total. The van der Waals surface area contributed by atoms with Crippen molar-refractivity contribution in [3.05, 3.63) is 28.8 Å². The van der Waals surface area contributed by atoms with Gasteiger partial charge in [-0.15, -0.1) is 0 Å². The first-order valence-electron chi connectivity index (χ1n) is 5.10. The normalized spacial score (nSPS) is 11.2. The van der Waals surface area contributed by atoms with Crippen LogP contribution in [0.5, 0.6) is 0 Å². The SMILES string of the molecule is CC(C)(CO)NC(=O)Nc1c(F)cc(Cl)cc1F. The van der Waals surface area contributed by atoms with E-state index >= 15 is 0 Å². The molecule has 0 aliphatic carbocycles. The number of hydrogen-bond acceptors (Lipinski definition) is 2. The second kappa shape index (κ2) is 5.49. The quantitative estimate of drug-likeness (QED) is 0.795. The van der Waals surface area contributed by atoms with Gasteiger partial charge in [0, 0.05) is 5.02 Å². The predicted octanol–water partition coefficient (Wildman–Crippen LogP) is 2.51. The molecule has 0 aliphatic heterocycles. The molecule has 7 heteroatoms. The largest absolute Gasteiger partial charge is 0.394 e. The molecule has 0 atom stereocenters. The van der Waals surface area contributed by atoms with E-state index in [0.29, 0.717) is 0 Å². The molecule has 100 valence electrons. The van der Waals surface area contributed by atoms with Crippen molar-refractivity contribution in [2.45, 2.75) is 19.4 Å². The van der Waals surface area contributed by atoms with Gasteiger partial charge in [-0.1, -0.05) is 11.6 Å². The smallest absolute Gasteiger partial charge is 0.319 e. The lowest BCUT2D eigenvalue weighted by Gasteiger charge is -2.23. The van der Waals surface area contributed by atoms with Gasteiger partial charge in [0.15, 0.2) is 11.6 Å². The third-order valence-electron chi connectivity index (χ3n) is 2.09. The average Bonchev–Trinajstić information content (AvgIpc) is 2.22. The molecule has 18 heavy (non-hydrogen) atoms. The first-order valence-corrected chi connectivity index (χ1v) is 5.47. The summed E-state index contributed by atoms with van der Waals surface area (Å²) in [4.78, 5) is 11.5. The molecule has 0 bridgehead atoms. The number of nitrogens with one attached hydrogen (secondary N) is 2. The molecular formula is C11H13ClF2N2O2. The molecule has 0 heterocycles.